The Morgan fingerprint density at radius 3 is 2.75 bits per heavy atom. The molecule has 100 valence electrons. The van der Waals surface area contributed by atoms with Crippen molar-refractivity contribution >= 4 is 10.9 Å². The van der Waals surface area contributed by atoms with Crippen molar-refractivity contribution < 1.29 is 0 Å². The average molecular weight is 265 g/mol. The molecule has 4 heteroatoms. The molecule has 0 radical (unpaired) electrons. The second kappa shape index (κ2) is 4.34. The average Bonchev–Trinajstić information content (AvgIpc) is 2.86. The lowest BCUT2D eigenvalue weighted by Crippen LogP contribution is -2.14. The topological polar surface area (TPSA) is 50.7 Å². The molecular weight excluding hydrogens is 250 g/mol. The van der Waals surface area contributed by atoms with Gasteiger partial charge in [-0.1, -0.05) is 18.2 Å². The standard InChI is InChI=1S/C16H15N3O/c20-16-13-10-17-14-9-5-4-8-12(14)15(13)18-19(16)11-6-2-1-3-7-11/h1-3,6-7,10,18H,4-5,8-9H2. The van der Waals surface area contributed by atoms with Gasteiger partial charge in [-0.25, -0.2) is 4.68 Å². The zero-order valence-electron chi connectivity index (χ0n) is 11.1. The van der Waals surface area contributed by atoms with E-state index in [1.54, 1.807) is 10.9 Å². The van der Waals surface area contributed by atoms with Crippen LogP contribution in [0.5, 0.6) is 0 Å². The van der Waals surface area contributed by atoms with Crippen LogP contribution in [0.1, 0.15) is 24.1 Å². The molecule has 0 fully saturated rings. The Balaban J connectivity index is 2.01. The van der Waals surface area contributed by atoms with Gasteiger partial charge in [-0.3, -0.25) is 14.9 Å². The lowest BCUT2D eigenvalue weighted by Gasteiger charge is -2.14. The number of nitrogens with zero attached hydrogens (tertiary/aromatic N) is 2. The molecule has 1 aliphatic carbocycles. The third-order valence-electron chi connectivity index (χ3n) is 4.03. The SMILES string of the molecule is O=c1c2cnc3c(c2[nH]n1-c1ccccc1)CCCC3. The number of H-pyrrole nitrogens is 1. The lowest BCUT2D eigenvalue weighted by atomic mass is 9.95. The zero-order chi connectivity index (χ0) is 13.5. The molecule has 1 aromatic carbocycles. The molecule has 0 saturated heterocycles. The number of aromatic amines is 1. The maximum atomic E-state index is 12.5. The van der Waals surface area contributed by atoms with Crippen molar-refractivity contribution in [3.05, 3.63) is 58.1 Å². The predicted octanol–water partition coefficient (Wildman–Crippen LogP) is 2.59. The van der Waals surface area contributed by atoms with Gasteiger partial charge in [0, 0.05) is 11.9 Å². The summed E-state index contributed by atoms with van der Waals surface area (Å²) in [6, 6.07) is 9.66. The number of nitrogens with one attached hydrogen (secondary N) is 1. The van der Waals surface area contributed by atoms with Crippen molar-refractivity contribution in [2.75, 3.05) is 0 Å². The van der Waals surface area contributed by atoms with Gasteiger partial charge in [-0.05, 0) is 43.4 Å². The van der Waals surface area contributed by atoms with E-state index in [9.17, 15) is 4.79 Å². The molecule has 0 bridgehead atoms. The van der Waals surface area contributed by atoms with Gasteiger partial charge in [0.25, 0.3) is 5.56 Å². The van der Waals surface area contributed by atoms with Gasteiger partial charge < -0.3 is 0 Å². The fraction of sp³-hybridized carbons (Fsp3) is 0.250. The van der Waals surface area contributed by atoms with Crippen molar-refractivity contribution in [3.63, 3.8) is 0 Å². The first-order valence-corrected chi connectivity index (χ1v) is 7.01. The Kier molecular flexibility index (Phi) is 2.49. The Hall–Kier alpha value is -2.36. The predicted molar refractivity (Wildman–Crippen MR) is 78.3 cm³/mol. The van der Waals surface area contributed by atoms with Crippen molar-refractivity contribution in [3.8, 4) is 5.69 Å². The van der Waals surface area contributed by atoms with Gasteiger partial charge in [0.15, 0.2) is 0 Å². The molecule has 3 aromatic rings. The number of fused-ring (bicyclic) bond motifs is 3. The first kappa shape index (κ1) is 11.5. The summed E-state index contributed by atoms with van der Waals surface area (Å²) in [6.07, 6.45) is 6.11. The molecule has 0 atom stereocenters. The first-order chi connectivity index (χ1) is 9.84. The summed E-state index contributed by atoms with van der Waals surface area (Å²) in [5, 5.41) is 3.96. The van der Waals surface area contributed by atoms with Crippen molar-refractivity contribution in [1.82, 2.24) is 14.8 Å². The van der Waals surface area contributed by atoms with Gasteiger partial charge in [-0.15, -0.1) is 0 Å². The summed E-state index contributed by atoms with van der Waals surface area (Å²) in [7, 11) is 0. The smallest absolute Gasteiger partial charge is 0.280 e. The number of pyridine rings is 1. The Morgan fingerprint density at radius 1 is 1.10 bits per heavy atom. The number of benzene rings is 1. The van der Waals surface area contributed by atoms with Crippen LogP contribution in [0.25, 0.3) is 16.6 Å². The molecule has 0 spiro atoms. The summed E-state index contributed by atoms with van der Waals surface area (Å²) >= 11 is 0. The van der Waals surface area contributed by atoms with Crippen LogP contribution in [-0.2, 0) is 12.8 Å². The first-order valence-electron chi connectivity index (χ1n) is 7.01. The molecular formula is C16H15N3O. The summed E-state index contributed by atoms with van der Waals surface area (Å²) in [4.78, 5) is 17.0. The molecule has 4 nitrogen and oxygen atoms in total. The number of rotatable bonds is 1. The van der Waals surface area contributed by atoms with E-state index in [1.165, 1.54) is 18.4 Å². The molecule has 0 aliphatic heterocycles. The van der Waals surface area contributed by atoms with E-state index in [2.05, 4.69) is 10.1 Å². The number of aromatic nitrogens is 3. The van der Waals surface area contributed by atoms with Crippen LogP contribution in [0.15, 0.2) is 41.3 Å². The van der Waals surface area contributed by atoms with Gasteiger partial charge in [0.2, 0.25) is 0 Å². The second-order valence-corrected chi connectivity index (χ2v) is 5.27. The fourth-order valence-corrected chi connectivity index (χ4v) is 3.00. The summed E-state index contributed by atoms with van der Waals surface area (Å²) in [5.74, 6) is 0. The molecule has 1 N–H and O–H groups in total. The highest BCUT2D eigenvalue weighted by atomic mass is 16.1. The molecule has 2 aromatic heterocycles. The zero-order valence-corrected chi connectivity index (χ0v) is 11.1. The third kappa shape index (κ3) is 1.61. The van der Waals surface area contributed by atoms with Crippen molar-refractivity contribution in [2.45, 2.75) is 25.7 Å². The molecule has 0 saturated carbocycles. The Labute approximate surface area is 116 Å². The molecule has 2 heterocycles. The minimum atomic E-state index is -0.0212. The number of hydrogen-bond donors (Lipinski definition) is 1. The number of para-hydroxylation sites is 1. The minimum Gasteiger partial charge on any atom is -0.290 e. The van der Waals surface area contributed by atoms with Crippen LogP contribution in [0.4, 0.5) is 0 Å². The maximum Gasteiger partial charge on any atom is 0.280 e. The molecule has 20 heavy (non-hydrogen) atoms. The monoisotopic (exact) mass is 265 g/mol. The van der Waals surface area contributed by atoms with Crippen LogP contribution in [0, 0.1) is 0 Å². The third-order valence-corrected chi connectivity index (χ3v) is 4.03. The number of hydrogen-bond acceptors (Lipinski definition) is 2. The van der Waals surface area contributed by atoms with E-state index in [0.29, 0.717) is 5.39 Å². The van der Waals surface area contributed by atoms with Gasteiger partial charge in [0.05, 0.1) is 16.6 Å². The van der Waals surface area contributed by atoms with Gasteiger partial charge >= 0.3 is 0 Å². The number of aryl methyl sites for hydroxylation is 2. The molecule has 0 unspecified atom stereocenters. The van der Waals surface area contributed by atoms with Crippen LogP contribution in [0.2, 0.25) is 0 Å². The van der Waals surface area contributed by atoms with E-state index in [4.69, 9.17) is 0 Å². The maximum absolute atomic E-state index is 12.5. The van der Waals surface area contributed by atoms with Crippen LogP contribution in [-0.4, -0.2) is 14.8 Å². The summed E-state index contributed by atoms with van der Waals surface area (Å²) < 4.78 is 1.61. The summed E-state index contributed by atoms with van der Waals surface area (Å²) in [6.45, 7) is 0. The normalized spacial score (nSPS) is 14.4. The van der Waals surface area contributed by atoms with Crippen LogP contribution < -0.4 is 5.56 Å². The minimum absolute atomic E-state index is 0.0212. The van der Waals surface area contributed by atoms with Crippen molar-refractivity contribution in [2.24, 2.45) is 0 Å². The summed E-state index contributed by atoms with van der Waals surface area (Å²) in [5.41, 5.74) is 4.17. The highest BCUT2D eigenvalue weighted by Crippen LogP contribution is 2.25. The molecule has 0 amide bonds. The second-order valence-electron chi connectivity index (χ2n) is 5.27. The molecule has 4 rings (SSSR count). The molecule has 1 aliphatic rings. The van der Waals surface area contributed by atoms with E-state index < -0.39 is 0 Å². The highest BCUT2D eigenvalue weighted by Gasteiger charge is 2.18. The van der Waals surface area contributed by atoms with Crippen molar-refractivity contribution in [1.29, 1.82) is 0 Å². The quantitative estimate of drug-likeness (QED) is 0.735. The van der Waals surface area contributed by atoms with E-state index in [0.717, 1.165) is 29.7 Å². The highest BCUT2D eigenvalue weighted by molar-refractivity contribution is 5.81. The van der Waals surface area contributed by atoms with Crippen LogP contribution in [0.3, 0.4) is 0 Å². The largest absolute Gasteiger partial charge is 0.290 e. The lowest BCUT2D eigenvalue weighted by molar-refractivity contribution is 0.671. The van der Waals surface area contributed by atoms with Gasteiger partial charge in [0.1, 0.15) is 0 Å². The van der Waals surface area contributed by atoms with E-state index in [1.807, 2.05) is 30.3 Å². The fourth-order valence-electron chi connectivity index (χ4n) is 3.00. The van der Waals surface area contributed by atoms with E-state index in [-0.39, 0.29) is 5.56 Å². The van der Waals surface area contributed by atoms with Crippen LogP contribution >= 0.6 is 0 Å². The Morgan fingerprint density at radius 2 is 1.90 bits per heavy atom. The van der Waals surface area contributed by atoms with Gasteiger partial charge in [-0.2, -0.15) is 0 Å². The van der Waals surface area contributed by atoms with E-state index >= 15 is 0 Å². The Bertz CT molecular complexity index is 830.